The van der Waals surface area contributed by atoms with E-state index in [0.29, 0.717) is 0 Å². The zero-order valence-electron chi connectivity index (χ0n) is 29.8. The molecule has 0 saturated carbocycles. The second kappa shape index (κ2) is 16.6. The number of hydrogen-bond donors (Lipinski definition) is 1. The minimum absolute atomic E-state index is 0.0120. The van der Waals surface area contributed by atoms with Crippen LogP contribution in [0.3, 0.4) is 0 Å². The third kappa shape index (κ3) is 10.1. The third-order valence-corrected chi connectivity index (χ3v) is 15.8. The van der Waals surface area contributed by atoms with E-state index in [-0.39, 0.29) is 43.0 Å². The van der Waals surface area contributed by atoms with E-state index >= 15 is 0 Å². The molecular formula is C38H50NO9PSi. The zero-order valence-corrected chi connectivity index (χ0v) is 31.7. The lowest BCUT2D eigenvalue weighted by molar-refractivity contribution is -0.312. The molecular weight excluding hydrogens is 673 g/mol. The summed E-state index contributed by atoms with van der Waals surface area (Å²) in [6.07, 6.45) is -3.94. The number of fused-ring (bicyclic) bond motifs is 1. The van der Waals surface area contributed by atoms with E-state index in [9.17, 15) is 14.2 Å². The van der Waals surface area contributed by atoms with Crippen LogP contribution in [0.4, 0.5) is 0 Å². The van der Waals surface area contributed by atoms with Gasteiger partial charge in [-0.3, -0.25) is 14.2 Å². The maximum absolute atomic E-state index is 14.2. The van der Waals surface area contributed by atoms with Gasteiger partial charge in [0.1, 0.15) is 24.2 Å². The van der Waals surface area contributed by atoms with Crippen LogP contribution >= 0.6 is 7.60 Å². The molecule has 0 unspecified atom stereocenters. The van der Waals surface area contributed by atoms with Gasteiger partial charge < -0.3 is 33.0 Å². The molecule has 2 fully saturated rings. The molecule has 270 valence electrons. The summed E-state index contributed by atoms with van der Waals surface area (Å²) in [7, 11) is -6.38. The van der Waals surface area contributed by atoms with Gasteiger partial charge in [-0.05, 0) is 29.3 Å². The molecule has 5 rings (SSSR count). The molecule has 0 bridgehead atoms. The Morgan fingerprint density at radius 3 is 1.92 bits per heavy atom. The van der Waals surface area contributed by atoms with Crippen LogP contribution < -0.4 is 5.32 Å². The fraction of sp³-hybridized carbons (Fsp3) is 0.474. The van der Waals surface area contributed by atoms with Crippen LogP contribution in [0, 0.1) is 0 Å². The van der Waals surface area contributed by atoms with E-state index in [0.717, 1.165) is 16.7 Å². The average Bonchev–Trinajstić information content (AvgIpc) is 3.08. The van der Waals surface area contributed by atoms with Crippen molar-refractivity contribution >= 4 is 27.6 Å². The number of amides is 1. The van der Waals surface area contributed by atoms with Gasteiger partial charge in [-0.15, -0.1) is 0 Å². The summed E-state index contributed by atoms with van der Waals surface area (Å²) >= 11 is 0. The van der Waals surface area contributed by atoms with Crippen molar-refractivity contribution in [1.29, 1.82) is 0 Å². The highest BCUT2D eigenvalue weighted by atomic mass is 31.2. The third-order valence-electron chi connectivity index (χ3n) is 9.51. The first kappa shape index (κ1) is 38.2. The van der Waals surface area contributed by atoms with Crippen LogP contribution in [-0.4, -0.2) is 63.2 Å². The minimum atomic E-state index is -3.93. The highest BCUT2D eigenvalue weighted by molar-refractivity contribution is 7.54. The van der Waals surface area contributed by atoms with Gasteiger partial charge in [0.15, 0.2) is 14.6 Å². The molecule has 2 heterocycles. The summed E-state index contributed by atoms with van der Waals surface area (Å²) in [5.41, 5.74) is 2.45. The monoisotopic (exact) mass is 723 g/mol. The number of hydrogen-bond acceptors (Lipinski definition) is 9. The first-order valence-electron chi connectivity index (χ1n) is 17.1. The summed E-state index contributed by atoms with van der Waals surface area (Å²) in [5.74, 6) is -0.688. The fourth-order valence-corrected chi connectivity index (χ4v) is 8.66. The Bertz CT molecular complexity index is 1560. The molecule has 0 aromatic heterocycles. The van der Waals surface area contributed by atoms with Crippen LogP contribution in [0.5, 0.6) is 0 Å². The predicted octanol–water partition coefficient (Wildman–Crippen LogP) is 7.35. The molecule has 3 aromatic carbocycles. The summed E-state index contributed by atoms with van der Waals surface area (Å²) in [4.78, 5) is 26.6. The van der Waals surface area contributed by atoms with Gasteiger partial charge in [-0.25, -0.2) is 0 Å². The Labute approximate surface area is 296 Å². The number of ketones is 1. The van der Waals surface area contributed by atoms with E-state index in [1.807, 2.05) is 91.0 Å². The molecule has 0 spiro atoms. The first-order valence-corrected chi connectivity index (χ1v) is 21.8. The summed E-state index contributed by atoms with van der Waals surface area (Å²) in [6.45, 7) is 12.4. The minimum Gasteiger partial charge on any atom is -0.409 e. The number of benzene rings is 3. The van der Waals surface area contributed by atoms with Gasteiger partial charge in [0.2, 0.25) is 5.91 Å². The number of rotatable bonds is 14. The average molecular weight is 724 g/mol. The fourth-order valence-electron chi connectivity index (χ4n) is 5.83. The van der Waals surface area contributed by atoms with Gasteiger partial charge in [0.05, 0.1) is 38.1 Å². The lowest BCUT2D eigenvalue weighted by atomic mass is 9.89. The number of carbonyl (C=O) groups excluding carboxylic acids is 2. The lowest BCUT2D eigenvalue weighted by Crippen LogP contribution is -2.69. The molecule has 10 nitrogen and oxygen atoms in total. The Hall–Kier alpha value is -2.99. The summed E-state index contributed by atoms with van der Waals surface area (Å²) in [6, 6.07) is 27.5. The molecule has 3 aromatic rings. The molecule has 2 aliphatic heterocycles. The van der Waals surface area contributed by atoms with Gasteiger partial charge >= 0.3 is 7.60 Å². The van der Waals surface area contributed by atoms with Crippen molar-refractivity contribution < 1.29 is 41.8 Å². The molecule has 2 saturated heterocycles. The van der Waals surface area contributed by atoms with Crippen molar-refractivity contribution in [3.63, 3.8) is 0 Å². The van der Waals surface area contributed by atoms with Crippen molar-refractivity contribution in [1.82, 2.24) is 5.32 Å². The highest BCUT2D eigenvalue weighted by Crippen LogP contribution is 2.50. The normalized spacial score (nSPS) is 24.3. The van der Waals surface area contributed by atoms with Crippen LogP contribution in [0.25, 0.3) is 0 Å². The first-order chi connectivity index (χ1) is 23.7. The van der Waals surface area contributed by atoms with E-state index < -0.39 is 58.8 Å². The topological polar surface area (TPSA) is 119 Å². The Morgan fingerprint density at radius 2 is 1.40 bits per heavy atom. The maximum atomic E-state index is 14.2. The van der Waals surface area contributed by atoms with Crippen molar-refractivity contribution in [3.05, 3.63) is 108 Å². The van der Waals surface area contributed by atoms with Gasteiger partial charge in [-0.2, -0.15) is 0 Å². The van der Waals surface area contributed by atoms with E-state index in [1.165, 1.54) is 6.92 Å². The number of ether oxygens (including phenoxy) is 3. The standard InChI is InChI=1S/C38H50NO9PSi/c1-27(40)39-34-32(22-31(41)26-49(42,44-23-28-16-10-7-11-17-28)45-24-29-18-12-8-13-19-29)46-33-25-43-37(30-20-14-9-15-21-30)47-35(33)36(34)48-50(5,6)38(2,3)4/h7-21,32-37H,22-26H2,1-6H3,(H,39,40)/t32-,33-,34+,35-,36-,37-/m1/s1. The predicted molar refractivity (Wildman–Crippen MR) is 193 cm³/mol. The van der Waals surface area contributed by atoms with Crippen LogP contribution in [0.15, 0.2) is 91.0 Å². The largest absolute Gasteiger partial charge is 0.409 e. The van der Waals surface area contributed by atoms with Crippen molar-refractivity contribution in [3.8, 4) is 0 Å². The maximum Gasteiger partial charge on any atom is 0.338 e. The molecule has 2 aliphatic rings. The SMILES string of the molecule is CC(=O)N[C@@H]1[C@@H](O[Si](C)(C)C(C)(C)C)[C@@H]2O[C@H](c3ccccc3)OC[C@H]2O[C@@H]1CC(=O)CP(=O)(OCc1ccccc1)OCc1ccccc1. The lowest BCUT2D eigenvalue weighted by Gasteiger charge is -2.52. The van der Waals surface area contributed by atoms with E-state index in [4.69, 9.17) is 27.7 Å². The van der Waals surface area contributed by atoms with Crippen molar-refractivity contribution in [2.75, 3.05) is 12.8 Å². The second-order valence-electron chi connectivity index (χ2n) is 14.5. The van der Waals surface area contributed by atoms with Crippen molar-refractivity contribution in [2.24, 2.45) is 0 Å². The number of carbonyl (C=O) groups is 2. The molecule has 6 atom stereocenters. The molecule has 0 aliphatic carbocycles. The van der Waals surface area contributed by atoms with Gasteiger partial charge in [0, 0.05) is 18.9 Å². The smallest absolute Gasteiger partial charge is 0.338 e. The second-order valence-corrected chi connectivity index (χ2v) is 21.3. The quantitative estimate of drug-likeness (QED) is 0.135. The Kier molecular flexibility index (Phi) is 12.7. The Balaban J connectivity index is 1.39. The van der Waals surface area contributed by atoms with E-state index in [1.54, 1.807) is 0 Å². The number of nitrogens with one attached hydrogen (secondary N) is 1. The van der Waals surface area contributed by atoms with Crippen LogP contribution in [0.1, 0.15) is 57.1 Å². The number of Topliss-reactive ketones (excluding diaryl/α,β-unsaturated/α-hetero) is 1. The summed E-state index contributed by atoms with van der Waals surface area (Å²) in [5, 5.41) is 2.88. The molecule has 1 amide bonds. The highest BCUT2D eigenvalue weighted by Gasteiger charge is 2.54. The van der Waals surface area contributed by atoms with E-state index in [2.05, 4.69) is 39.2 Å². The summed E-state index contributed by atoms with van der Waals surface area (Å²) < 4.78 is 52.3. The van der Waals surface area contributed by atoms with Crippen LogP contribution in [0.2, 0.25) is 18.1 Å². The van der Waals surface area contributed by atoms with Crippen molar-refractivity contribution in [2.45, 2.75) is 102 Å². The van der Waals surface area contributed by atoms with Gasteiger partial charge in [-0.1, -0.05) is 112 Å². The molecule has 1 N–H and O–H groups in total. The van der Waals surface area contributed by atoms with Crippen LogP contribution in [-0.2, 0) is 55.1 Å². The van der Waals surface area contributed by atoms with Gasteiger partial charge in [0.25, 0.3) is 0 Å². The Morgan fingerprint density at radius 1 is 0.860 bits per heavy atom. The molecule has 0 radical (unpaired) electrons. The zero-order chi connectivity index (χ0) is 35.9. The molecule has 12 heteroatoms. The molecule has 50 heavy (non-hydrogen) atoms.